The van der Waals surface area contributed by atoms with Crippen molar-refractivity contribution in [2.75, 3.05) is 39.5 Å². The van der Waals surface area contributed by atoms with Gasteiger partial charge in [-0.3, -0.25) is 9.59 Å². The number of thiazole rings is 1. The number of anilines is 1. The molecule has 7 nitrogen and oxygen atoms in total. The number of hydrogen-bond donors (Lipinski definition) is 2. The number of nitrogens with one attached hydrogen (secondary N) is 1. The number of carbonyl (C=O) groups is 2. The van der Waals surface area contributed by atoms with Gasteiger partial charge in [-0.2, -0.15) is 0 Å². The zero-order valence-electron chi connectivity index (χ0n) is 20.2. The van der Waals surface area contributed by atoms with Crippen molar-refractivity contribution in [1.82, 2.24) is 14.8 Å². The van der Waals surface area contributed by atoms with E-state index in [9.17, 15) is 14.7 Å². The summed E-state index contributed by atoms with van der Waals surface area (Å²) in [6, 6.07) is 0. The van der Waals surface area contributed by atoms with Gasteiger partial charge in [0.05, 0.1) is 18.3 Å². The first-order chi connectivity index (χ1) is 15.0. The number of nitrogens with zero attached hydrogens (tertiary/aromatic N) is 3. The fourth-order valence-electron chi connectivity index (χ4n) is 5.86. The molecule has 6 unspecified atom stereocenters. The summed E-state index contributed by atoms with van der Waals surface area (Å²) < 4.78 is 0. The van der Waals surface area contributed by atoms with Crippen LogP contribution in [0.5, 0.6) is 0 Å². The minimum absolute atomic E-state index is 0.0288. The van der Waals surface area contributed by atoms with Gasteiger partial charge < -0.3 is 20.2 Å². The van der Waals surface area contributed by atoms with E-state index < -0.39 is 6.10 Å². The van der Waals surface area contributed by atoms with Crippen LogP contribution in [0.15, 0.2) is 12.7 Å². The summed E-state index contributed by atoms with van der Waals surface area (Å²) in [4.78, 5) is 34.6. The van der Waals surface area contributed by atoms with Gasteiger partial charge in [-0.1, -0.05) is 26.8 Å². The lowest BCUT2D eigenvalue weighted by molar-refractivity contribution is -0.143. The van der Waals surface area contributed by atoms with Crippen molar-refractivity contribution >= 4 is 28.3 Å². The van der Waals surface area contributed by atoms with Gasteiger partial charge in [0.1, 0.15) is 0 Å². The van der Waals surface area contributed by atoms with Crippen molar-refractivity contribution in [3.8, 4) is 0 Å². The minimum Gasteiger partial charge on any atom is -0.392 e. The zero-order valence-corrected chi connectivity index (χ0v) is 21.0. The van der Waals surface area contributed by atoms with E-state index in [1.807, 2.05) is 25.9 Å². The molecule has 2 aliphatic rings. The van der Waals surface area contributed by atoms with Crippen molar-refractivity contribution < 1.29 is 14.7 Å². The molecule has 0 bridgehead atoms. The second kappa shape index (κ2) is 9.61. The highest BCUT2D eigenvalue weighted by molar-refractivity contribution is 7.15. The van der Waals surface area contributed by atoms with Gasteiger partial charge in [0.2, 0.25) is 11.8 Å². The van der Waals surface area contributed by atoms with Crippen LogP contribution in [0, 0.1) is 23.2 Å². The van der Waals surface area contributed by atoms with Gasteiger partial charge in [0.15, 0.2) is 5.13 Å². The Morgan fingerprint density at radius 3 is 2.72 bits per heavy atom. The second-order valence-corrected chi connectivity index (χ2v) is 11.3. The van der Waals surface area contributed by atoms with Crippen molar-refractivity contribution in [2.45, 2.75) is 52.1 Å². The fraction of sp³-hybridized carbons (Fsp3) is 0.708. The molecule has 32 heavy (non-hydrogen) atoms. The number of aliphatic hydroxyl groups is 1. The molecule has 6 atom stereocenters. The Kier molecular flexibility index (Phi) is 7.47. The summed E-state index contributed by atoms with van der Waals surface area (Å²) in [5.74, 6) is -0.250. The van der Waals surface area contributed by atoms with Crippen LogP contribution < -0.4 is 5.32 Å². The van der Waals surface area contributed by atoms with Gasteiger partial charge in [-0.15, -0.1) is 17.9 Å². The predicted octanol–water partition coefficient (Wildman–Crippen LogP) is 2.98. The predicted molar refractivity (Wildman–Crippen MR) is 129 cm³/mol. The third-order valence-corrected chi connectivity index (χ3v) is 8.43. The lowest BCUT2D eigenvalue weighted by atomic mass is 9.53. The molecule has 8 heteroatoms. The Morgan fingerprint density at radius 2 is 2.09 bits per heavy atom. The van der Waals surface area contributed by atoms with E-state index in [-0.39, 0.29) is 40.9 Å². The standard InChI is InChI=1S/C24H38N4O3S/c1-8-11-28(7)22(31)14(2)16-9-10-24(4)12-17-20(15(3)19(24)21(16)30)26-23(32-17)25-18(29)13-27(5)6/h8,14-16,19,21,30H,1,9-13H2,2-7H3,(H,25,26,29). The number of rotatable bonds is 7. The van der Waals surface area contributed by atoms with Crippen molar-refractivity contribution in [3.63, 3.8) is 0 Å². The third kappa shape index (κ3) is 4.77. The monoisotopic (exact) mass is 462 g/mol. The van der Waals surface area contributed by atoms with E-state index in [0.29, 0.717) is 18.2 Å². The van der Waals surface area contributed by atoms with Crippen LogP contribution in [0.1, 0.15) is 50.1 Å². The highest BCUT2D eigenvalue weighted by Gasteiger charge is 2.54. The Labute approximate surface area is 195 Å². The Morgan fingerprint density at radius 1 is 1.41 bits per heavy atom. The molecule has 1 fully saturated rings. The summed E-state index contributed by atoms with van der Waals surface area (Å²) in [6.45, 7) is 10.9. The maximum atomic E-state index is 12.9. The third-order valence-electron chi connectivity index (χ3n) is 7.44. The van der Waals surface area contributed by atoms with Crippen LogP contribution in [-0.2, 0) is 16.0 Å². The Hall–Kier alpha value is -1.77. The van der Waals surface area contributed by atoms with Gasteiger partial charge in [-0.25, -0.2) is 4.98 Å². The number of likely N-dealkylation sites (N-methyl/N-ethyl adjacent to an activating group) is 2. The van der Waals surface area contributed by atoms with Gasteiger partial charge >= 0.3 is 0 Å². The molecule has 0 saturated heterocycles. The SMILES string of the molecule is C=CCN(C)C(=O)C(C)C1CCC2(C)Cc3sc(NC(=O)CN(C)C)nc3C(C)C2C1O. The van der Waals surface area contributed by atoms with E-state index in [1.54, 1.807) is 29.4 Å². The number of fused-ring (bicyclic) bond motifs is 2. The van der Waals surface area contributed by atoms with Crippen LogP contribution in [0.4, 0.5) is 5.13 Å². The normalized spacial score (nSPS) is 30.2. The summed E-state index contributed by atoms with van der Waals surface area (Å²) in [7, 11) is 5.51. The summed E-state index contributed by atoms with van der Waals surface area (Å²) in [6.07, 6.45) is 3.80. The Bertz CT molecular complexity index is 869. The van der Waals surface area contributed by atoms with Gasteiger partial charge in [-0.05, 0) is 50.6 Å². The quantitative estimate of drug-likeness (QED) is 0.609. The smallest absolute Gasteiger partial charge is 0.240 e. The summed E-state index contributed by atoms with van der Waals surface area (Å²) in [5.41, 5.74) is 0.940. The minimum atomic E-state index is -0.568. The number of amides is 2. The lowest BCUT2D eigenvalue weighted by Crippen LogP contribution is -2.53. The average Bonchev–Trinajstić information content (AvgIpc) is 3.08. The Balaban J connectivity index is 1.81. The number of hydrogen-bond acceptors (Lipinski definition) is 6. The average molecular weight is 463 g/mol. The van der Waals surface area contributed by atoms with E-state index in [2.05, 4.69) is 25.7 Å². The molecule has 2 aliphatic carbocycles. The first-order valence-corrected chi connectivity index (χ1v) is 12.3. The molecule has 0 aromatic carbocycles. The maximum Gasteiger partial charge on any atom is 0.240 e. The number of carbonyl (C=O) groups excluding carboxylic acids is 2. The molecule has 1 aromatic heterocycles. The van der Waals surface area contributed by atoms with E-state index >= 15 is 0 Å². The van der Waals surface area contributed by atoms with Crippen LogP contribution in [0.25, 0.3) is 0 Å². The van der Waals surface area contributed by atoms with Crippen LogP contribution >= 0.6 is 11.3 Å². The highest BCUT2D eigenvalue weighted by Crippen LogP contribution is 2.57. The molecule has 3 rings (SSSR count). The van der Waals surface area contributed by atoms with Crippen LogP contribution in [0.3, 0.4) is 0 Å². The maximum absolute atomic E-state index is 12.9. The molecule has 0 aliphatic heterocycles. The van der Waals surface area contributed by atoms with E-state index in [0.717, 1.165) is 25.0 Å². The van der Waals surface area contributed by atoms with Crippen LogP contribution in [-0.4, -0.2) is 72.0 Å². The van der Waals surface area contributed by atoms with Crippen molar-refractivity contribution in [2.24, 2.45) is 23.2 Å². The van der Waals surface area contributed by atoms with E-state index in [4.69, 9.17) is 4.98 Å². The summed E-state index contributed by atoms with van der Waals surface area (Å²) >= 11 is 1.56. The van der Waals surface area contributed by atoms with Gasteiger partial charge in [0, 0.05) is 30.3 Å². The molecule has 2 N–H and O–H groups in total. The number of aliphatic hydroxyl groups excluding tert-OH is 1. The molecule has 0 spiro atoms. The molecule has 178 valence electrons. The molecule has 2 amide bonds. The van der Waals surface area contributed by atoms with Crippen molar-refractivity contribution in [3.05, 3.63) is 23.2 Å². The molecule has 1 saturated carbocycles. The molecular weight excluding hydrogens is 424 g/mol. The summed E-state index contributed by atoms with van der Waals surface area (Å²) in [5, 5.41) is 15.1. The first-order valence-electron chi connectivity index (χ1n) is 11.5. The topological polar surface area (TPSA) is 85.8 Å². The van der Waals surface area contributed by atoms with Gasteiger partial charge in [0.25, 0.3) is 0 Å². The van der Waals surface area contributed by atoms with Crippen LogP contribution in [0.2, 0.25) is 0 Å². The highest BCUT2D eigenvalue weighted by atomic mass is 32.1. The number of aromatic nitrogens is 1. The second-order valence-electron chi connectivity index (χ2n) is 10.2. The lowest BCUT2D eigenvalue weighted by Gasteiger charge is -2.53. The molecule has 0 radical (unpaired) electrons. The molecule has 1 aromatic rings. The molecule has 1 heterocycles. The zero-order chi connectivity index (χ0) is 23.8. The van der Waals surface area contributed by atoms with Crippen molar-refractivity contribution in [1.29, 1.82) is 0 Å². The largest absolute Gasteiger partial charge is 0.392 e. The van der Waals surface area contributed by atoms with E-state index in [1.165, 1.54) is 4.88 Å². The molecular formula is C24H38N4O3S. The first kappa shape index (κ1) is 24.9. The fourth-order valence-corrected chi connectivity index (χ4v) is 7.14.